The van der Waals surface area contributed by atoms with Crippen molar-refractivity contribution in [2.75, 3.05) is 52.6 Å². The summed E-state index contributed by atoms with van der Waals surface area (Å²) in [5.74, 6) is 2.44. The molecule has 0 bridgehead atoms. The van der Waals surface area contributed by atoms with Gasteiger partial charge in [-0.1, -0.05) is 13.8 Å². The molecular formula is C14H28F3IN4S. The fraction of sp³-hybridized carbons (Fsp3) is 0.929. The molecule has 0 aliphatic carbocycles. The van der Waals surface area contributed by atoms with Gasteiger partial charge in [0.05, 0.1) is 6.54 Å². The van der Waals surface area contributed by atoms with Crippen LogP contribution in [0, 0.1) is 5.92 Å². The molecule has 1 rings (SSSR count). The number of hydrogen-bond acceptors (Lipinski definition) is 3. The Balaban J connectivity index is 0.00000484. The van der Waals surface area contributed by atoms with Gasteiger partial charge < -0.3 is 10.2 Å². The maximum absolute atomic E-state index is 12.3. The van der Waals surface area contributed by atoms with E-state index >= 15 is 0 Å². The van der Waals surface area contributed by atoms with Crippen molar-refractivity contribution < 1.29 is 13.2 Å². The molecule has 138 valence electrons. The minimum absolute atomic E-state index is 0. The average molecular weight is 468 g/mol. The Morgan fingerprint density at radius 2 is 2.09 bits per heavy atom. The van der Waals surface area contributed by atoms with Gasteiger partial charge in [-0.2, -0.15) is 24.9 Å². The second-order valence-corrected chi connectivity index (χ2v) is 7.27. The van der Waals surface area contributed by atoms with E-state index in [9.17, 15) is 13.2 Å². The zero-order valence-electron chi connectivity index (χ0n) is 14.2. The molecule has 1 heterocycles. The van der Waals surface area contributed by atoms with Gasteiger partial charge in [0.25, 0.3) is 0 Å². The molecule has 0 saturated carbocycles. The van der Waals surface area contributed by atoms with Crippen molar-refractivity contribution in [3.8, 4) is 0 Å². The predicted molar refractivity (Wildman–Crippen MR) is 103 cm³/mol. The minimum atomic E-state index is -4.15. The van der Waals surface area contributed by atoms with Gasteiger partial charge in [-0.3, -0.25) is 9.89 Å². The highest BCUT2D eigenvalue weighted by Crippen LogP contribution is 2.24. The number of alkyl halides is 3. The second kappa shape index (κ2) is 10.9. The van der Waals surface area contributed by atoms with Crippen molar-refractivity contribution in [1.29, 1.82) is 0 Å². The van der Waals surface area contributed by atoms with Crippen LogP contribution in [0.25, 0.3) is 0 Å². The van der Waals surface area contributed by atoms with Crippen LogP contribution >= 0.6 is 35.7 Å². The van der Waals surface area contributed by atoms with Gasteiger partial charge in [0, 0.05) is 44.2 Å². The van der Waals surface area contributed by atoms with E-state index in [0.717, 1.165) is 24.8 Å². The highest BCUT2D eigenvalue weighted by molar-refractivity contribution is 14.0. The first-order valence-corrected chi connectivity index (χ1v) is 8.60. The van der Waals surface area contributed by atoms with Crippen molar-refractivity contribution in [3.63, 3.8) is 0 Å². The lowest BCUT2D eigenvalue weighted by molar-refractivity contribution is -0.142. The first-order valence-electron chi connectivity index (χ1n) is 7.55. The first kappa shape index (κ1) is 23.1. The van der Waals surface area contributed by atoms with E-state index in [2.05, 4.69) is 29.1 Å². The van der Waals surface area contributed by atoms with Crippen molar-refractivity contribution in [2.45, 2.75) is 25.3 Å². The lowest BCUT2D eigenvalue weighted by atomic mass is 10.1. The first-order chi connectivity index (χ1) is 10.2. The number of halogens is 4. The molecule has 9 heteroatoms. The Morgan fingerprint density at radius 3 is 2.61 bits per heavy atom. The molecule has 23 heavy (non-hydrogen) atoms. The van der Waals surface area contributed by atoms with E-state index in [1.807, 2.05) is 11.8 Å². The third-order valence-electron chi connectivity index (χ3n) is 3.57. The van der Waals surface area contributed by atoms with Crippen LogP contribution in [0.4, 0.5) is 13.2 Å². The van der Waals surface area contributed by atoms with Crippen LogP contribution < -0.4 is 5.32 Å². The van der Waals surface area contributed by atoms with Crippen LogP contribution in [0.15, 0.2) is 4.99 Å². The molecular weight excluding hydrogens is 440 g/mol. The van der Waals surface area contributed by atoms with Crippen LogP contribution in [0.5, 0.6) is 0 Å². The number of aliphatic imine (C=N–C) groups is 1. The van der Waals surface area contributed by atoms with E-state index in [1.54, 1.807) is 7.05 Å². The second-order valence-electron chi connectivity index (χ2n) is 5.93. The number of thioether (sulfide) groups is 1. The maximum atomic E-state index is 12.3. The molecule has 1 atom stereocenters. The molecule has 0 aromatic rings. The standard InChI is InChI=1S/C14H27F3N4S.HI/c1-11(2)12-9-21(7-8-22-12)13(18-3)19-5-6-20(4)10-14(15,16)17;/h11-12H,5-10H2,1-4H3,(H,18,19);1H. The summed E-state index contributed by atoms with van der Waals surface area (Å²) in [7, 11) is 3.19. The quantitative estimate of drug-likeness (QED) is 0.382. The van der Waals surface area contributed by atoms with Gasteiger partial charge >= 0.3 is 6.18 Å². The van der Waals surface area contributed by atoms with Crippen LogP contribution in [0.3, 0.4) is 0 Å². The third-order valence-corrected chi connectivity index (χ3v) is 5.11. The summed E-state index contributed by atoms with van der Waals surface area (Å²) >= 11 is 1.98. The molecule has 1 aliphatic rings. The molecule has 0 spiro atoms. The summed E-state index contributed by atoms with van der Waals surface area (Å²) in [4.78, 5) is 7.72. The van der Waals surface area contributed by atoms with Crippen LogP contribution in [-0.4, -0.2) is 79.8 Å². The molecule has 1 fully saturated rings. The summed E-state index contributed by atoms with van der Waals surface area (Å²) < 4.78 is 36.8. The maximum Gasteiger partial charge on any atom is 0.401 e. The highest BCUT2D eigenvalue weighted by atomic mass is 127. The van der Waals surface area contributed by atoms with Gasteiger partial charge in [-0.25, -0.2) is 0 Å². The molecule has 1 aliphatic heterocycles. The average Bonchev–Trinajstić information content (AvgIpc) is 2.41. The SMILES string of the molecule is CN=C(NCCN(C)CC(F)(F)F)N1CCSC(C(C)C)C1.I. The van der Waals surface area contributed by atoms with E-state index in [-0.39, 0.29) is 24.0 Å². The number of guanidine groups is 1. The van der Waals surface area contributed by atoms with Crippen molar-refractivity contribution in [2.24, 2.45) is 10.9 Å². The number of hydrogen-bond donors (Lipinski definition) is 1. The minimum Gasteiger partial charge on any atom is -0.355 e. The van der Waals surface area contributed by atoms with E-state index in [0.29, 0.717) is 24.3 Å². The van der Waals surface area contributed by atoms with Crippen LogP contribution in [-0.2, 0) is 0 Å². The molecule has 0 radical (unpaired) electrons. The predicted octanol–water partition coefficient (Wildman–Crippen LogP) is 2.75. The van der Waals surface area contributed by atoms with E-state index < -0.39 is 12.7 Å². The summed E-state index contributed by atoms with van der Waals surface area (Å²) in [6, 6.07) is 0. The van der Waals surface area contributed by atoms with E-state index in [1.165, 1.54) is 11.9 Å². The van der Waals surface area contributed by atoms with Gasteiger partial charge in [0.1, 0.15) is 0 Å². The fourth-order valence-electron chi connectivity index (χ4n) is 2.35. The molecule has 0 aromatic carbocycles. The van der Waals surface area contributed by atoms with Crippen molar-refractivity contribution in [3.05, 3.63) is 0 Å². The van der Waals surface area contributed by atoms with Gasteiger partial charge in [-0.15, -0.1) is 24.0 Å². The molecule has 1 saturated heterocycles. The monoisotopic (exact) mass is 468 g/mol. The summed E-state index contributed by atoms with van der Waals surface area (Å²) in [6.07, 6.45) is -4.15. The molecule has 1 N–H and O–H groups in total. The summed E-state index contributed by atoms with van der Waals surface area (Å²) in [6.45, 7) is 6.17. The third kappa shape index (κ3) is 9.23. The lowest BCUT2D eigenvalue weighted by Gasteiger charge is -2.36. The molecule has 1 unspecified atom stereocenters. The Bertz CT molecular complexity index is 366. The number of likely N-dealkylation sites (N-methyl/N-ethyl adjacent to an activating group) is 1. The Hall–Kier alpha value is 0.1000. The fourth-order valence-corrected chi connectivity index (χ4v) is 3.65. The number of nitrogens with one attached hydrogen (secondary N) is 1. The zero-order valence-corrected chi connectivity index (χ0v) is 17.3. The topological polar surface area (TPSA) is 30.9 Å². The highest BCUT2D eigenvalue weighted by Gasteiger charge is 2.29. The lowest BCUT2D eigenvalue weighted by Crippen LogP contribution is -2.50. The van der Waals surface area contributed by atoms with E-state index in [4.69, 9.17) is 0 Å². The van der Waals surface area contributed by atoms with Crippen molar-refractivity contribution in [1.82, 2.24) is 15.1 Å². The van der Waals surface area contributed by atoms with Crippen LogP contribution in [0.2, 0.25) is 0 Å². The zero-order chi connectivity index (χ0) is 16.8. The van der Waals surface area contributed by atoms with Crippen LogP contribution in [0.1, 0.15) is 13.8 Å². The normalized spacial score (nSPS) is 20.0. The molecule has 0 aromatic heterocycles. The Morgan fingerprint density at radius 1 is 1.43 bits per heavy atom. The Kier molecular flexibility index (Phi) is 10.9. The molecule has 0 amide bonds. The van der Waals surface area contributed by atoms with Gasteiger partial charge in [0.2, 0.25) is 0 Å². The summed E-state index contributed by atoms with van der Waals surface area (Å²) in [5.41, 5.74) is 0. The van der Waals surface area contributed by atoms with Crippen molar-refractivity contribution >= 4 is 41.7 Å². The summed E-state index contributed by atoms with van der Waals surface area (Å²) in [5, 5.41) is 3.74. The smallest absolute Gasteiger partial charge is 0.355 e. The number of nitrogens with zero attached hydrogens (tertiary/aromatic N) is 3. The van der Waals surface area contributed by atoms with Gasteiger partial charge in [0.15, 0.2) is 5.96 Å². The number of rotatable bonds is 5. The van der Waals surface area contributed by atoms with Gasteiger partial charge in [-0.05, 0) is 13.0 Å². The molecule has 4 nitrogen and oxygen atoms in total. The largest absolute Gasteiger partial charge is 0.401 e. The Labute approximate surface area is 158 Å².